The summed E-state index contributed by atoms with van der Waals surface area (Å²) in [5.41, 5.74) is 1.62. The highest BCUT2D eigenvalue weighted by Crippen LogP contribution is 2.41. The maximum Gasteiger partial charge on any atom is 0.145 e. The van der Waals surface area contributed by atoms with Crippen LogP contribution in [0.5, 0.6) is 0 Å². The van der Waals surface area contributed by atoms with E-state index in [0.717, 1.165) is 37.0 Å². The monoisotopic (exact) mass is 469 g/mol. The van der Waals surface area contributed by atoms with Gasteiger partial charge in [0.05, 0.1) is 23.1 Å². The van der Waals surface area contributed by atoms with Crippen molar-refractivity contribution >= 4 is 46.6 Å². The van der Waals surface area contributed by atoms with E-state index in [9.17, 15) is 0 Å². The first-order valence-electron chi connectivity index (χ1n) is 10.4. The lowest BCUT2D eigenvalue weighted by Gasteiger charge is -2.57. The lowest BCUT2D eigenvalue weighted by atomic mass is 9.77. The van der Waals surface area contributed by atoms with Crippen LogP contribution in [-0.4, -0.2) is 57.4 Å². The maximum absolute atomic E-state index is 6.04. The summed E-state index contributed by atoms with van der Waals surface area (Å²) in [4.78, 5) is 21.0. The standard InChI is InChI=1S/C22H24ClN7OS/c1-14(30-9-22(10-30)11-31-12-22)15-3-4-18(24-7-15)28-19-6-20(27-13-26-19)29-21-17(32-2)5-16(23)8-25-21/h3-8,13-14H,9-12H2,1-2H3,(H2,24,25,26,27,28,29). The van der Waals surface area contributed by atoms with E-state index < -0.39 is 0 Å². The van der Waals surface area contributed by atoms with Crippen LogP contribution in [0.1, 0.15) is 18.5 Å². The van der Waals surface area contributed by atoms with Crippen molar-refractivity contribution in [1.82, 2.24) is 24.8 Å². The van der Waals surface area contributed by atoms with Crippen molar-refractivity contribution < 1.29 is 4.74 Å². The minimum Gasteiger partial charge on any atom is -0.380 e. The summed E-state index contributed by atoms with van der Waals surface area (Å²) in [7, 11) is 0. The highest BCUT2D eigenvalue weighted by atomic mass is 35.5. The highest BCUT2D eigenvalue weighted by molar-refractivity contribution is 7.98. The van der Waals surface area contributed by atoms with Crippen molar-refractivity contribution in [1.29, 1.82) is 0 Å². The molecule has 0 saturated carbocycles. The number of anilines is 4. The van der Waals surface area contributed by atoms with Gasteiger partial charge in [-0.2, -0.15) is 0 Å². The van der Waals surface area contributed by atoms with E-state index in [-0.39, 0.29) is 0 Å². The maximum atomic E-state index is 6.04. The Bertz CT molecular complexity index is 1100. The molecule has 1 spiro atoms. The van der Waals surface area contributed by atoms with Crippen molar-refractivity contribution in [2.75, 3.05) is 43.2 Å². The first-order valence-corrected chi connectivity index (χ1v) is 12.0. The molecule has 1 atom stereocenters. The molecule has 32 heavy (non-hydrogen) atoms. The number of ether oxygens (including phenoxy) is 1. The fraction of sp³-hybridized carbons (Fsp3) is 0.364. The highest BCUT2D eigenvalue weighted by Gasteiger charge is 2.50. The minimum absolute atomic E-state index is 0.343. The fourth-order valence-corrected chi connectivity index (χ4v) is 4.78. The Hall–Kier alpha value is -2.46. The Morgan fingerprint density at radius 2 is 1.81 bits per heavy atom. The van der Waals surface area contributed by atoms with Crippen LogP contribution < -0.4 is 10.6 Å². The second kappa shape index (κ2) is 8.82. The van der Waals surface area contributed by atoms with Crippen molar-refractivity contribution in [3.05, 3.63) is 53.6 Å². The molecule has 5 rings (SSSR count). The Morgan fingerprint density at radius 1 is 1.03 bits per heavy atom. The average Bonchev–Trinajstić information content (AvgIpc) is 2.74. The molecular weight excluding hydrogens is 446 g/mol. The number of aromatic nitrogens is 4. The van der Waals surface area contributed by atoms with Crippen LogP contribution in [0.15, 0.2) is 47.9 Å². The zero-order valence-electron chi connectivity index (χ0n) is 17.9. The summed E-state index contributed by atoms with van der Waals surface area (Å²) >= 11 is 7.60. The Morgan fingerprint density at radius 3 is 2.47 bits per heavy atom. The molecule has 2 N–H and O–H groups in total. The van der Waals surface area contributed by atoms with Gasteiger partial charge >= 0.3 is 0 Å². The number of pyridine rings is 2. The number of rotatable bonds is 7. The summed E-state index contributed by atoms with van der Waals surface area (Å²) in [5, 5.41) is 7.07. The molecule has 2 aliphatic rings. The molecule has 5 heterocycles. The molecule has 166 valence electrons. The lowest BCUT2D eigenvalue weighted by molar-refractivity contribution is -0.197. The first-order chi connectivity index (χ1) is 15.5. The number of nitrogens with zero attached hydrogens (tertiary/aromatic N) is 5. The van der Waals surface area contributed by atoms with E-state index in [0.29, 0.717) is 33.9 Å². The molecule has 1 unspecified atom stereocenters. The van der Waals surface area contributed by atoms with E-state index in [1.807, 2.05) is 30.7 Å². The Balaban J connectivity index is 1.23. The summed E-state index contributed by atoms with van der Waals surface area (Å²) in [6.07, 6.45) is 7.01. The van der Waals surface area contributed by atoms with Gasteiger partial charge < -0.3 is 15.4 Å². The van der Waals surface area contributed by atoms with E-state index in [2.05, 4.69) is 48.5 Å². The number of nitrogens with one attached hydrogen (secondary N) is 2. The predicted molar refractivity (Wildman–Crippen MR) is 127 cm³/mol. The molecule has 2 saturated heterocycles. The van der Waals surface area contributed by atoms with Gasteiger partial charge in [-0.15, -0.1) is 11.8 Å². The zero-order valence-corrected chi connectivity index (χ0v) is 19.5. The molecule has 0 aromatic carbocycles. The second-order valence-electron chi connectivity index (χ2n) is 8.29. The van der Waals surface area contributed by atoms with Gasteiger partial charge in [0.15, 0.2) is 0 Å². The van der Waals surface area contributed by atoms with Crippen LogP contribution in [0.3, 0.4) is 0 Å². The van der Waals surface area contributed by atoms with Gasteiger partial charge in [0.25, 0.3) is 0 Å². The molecular formula is C22H24ClN7OS. The summed E-state index contributed by atoms with van der Waals surface area (Å²) < 4.78 is 5.37. The molecule has 0 amide bonds. The third-order valence-electron chi connectivity index (χ3n) is 5.92. The topological polar surface area (TPSA) is 88.1 Å². The van der Waals surface area contributed by atoms with Gasteiger partial charge in [0, 0.05) is 43.0 Å². The van der Waals surface area contributed by atoms with Gasteiger partial charge in [-0.25, -0.2) is 19.9 Å². The number of hydrogen-bond donors (Lipinski definition) is 2. The molecule has 10 heteroatoms. The van der Waals surface area contributed by atoms with Gasteiger partial charge in [0.1, 0.15) is 29.6 Å². The van der Waals surface area contributed by atoms with E-state index in [1.54, 1.807) is 18.0 Å². The zero-order chi connectivity index (χ0) is 22.1. The molecule has 2 fully saturated rings. The van der Waals surface area contributed by atoms with E-state index in [4.69, 9.17) is 16.3 Å². The quantitative estimate of drug-likeness (QED) is 0.484. The molecule has 0 radical (unpaired) electrons. The van der Waals surface area contributed by atoms with Crippen LogP contribution in [0.4, 0.5) is 23.3 Å². The summed E-state index contributed by atoms with van der Waals surface area (Å²) in [5.74, 6) is 2.70. The van der Waals surface area contributed by atoms with Crippen molar-refractivity contribution in [2.45, 2.75) is 17.9 Å². The lowest BCUT2D eigenvalue weighted by Crippen LogP contribution is -2.66. The van der Waals surface area contributed by atoms with Gasteiger partial charge in [-0.1, -0.05) is 17.7 Å². The molecule has 8 nitrogen and oxygen atoms in total. The number of halogens is 1. The number of hydrogen-bond acceptors (Lipinski definition) is 9. The average molecular weight is 470 g/mol. The minimum atomic E-state index is 0.343. The van der Waals surface area contributed by atoms with Crippen LogP contribution in [0.25, 0.3) is 0 Å². The molecule has 0 aliphatic carbocycles. The van der Waals surface area contributed by atoms with Crippen molar-refractivity contribution in [3.8, 4) is 0 Å². The molecule has 2 aliphatic heterocycles. The van der Waals surface area contributed by atoms with Crippen LogP contribution in [0, 0.1) is 5.41 Å². The Labute approximate surface area is 196 Å². The summed E-state index contributed by atoms with van der Waals surface area (Å²) in [6.45, 7) is 6.24. The van der Waals surface area contributed by atoms with Crippen LogP contribution in [0.2, 0.25) is 5.02 Å². The number of thioether (sulfide) groups is 1. The van der Waals surface area contributed by atoms with Crippen molar-refractivity contribution in [2.24, 2.45) is 5.41 Å². The predicted octanol–water partition coefficient (Wildman–Crippen LogP) is 4.52. The smallest absolute Gasteiger partial charge is 0.145 e. The molecule has 3 aromatic heterocycles. The second-order valence-corrected chi connectivity index (χ2v) is 9.58. The van der Waals surface area contributed by atoms with Crippen LogP contribution >= 0.6 is 23.4 Å². The SMILES string of the molecule is CSc1cc(Cl)cnc1Nc1cc(Nc2ccc(C(C)N3CC4(COC4)C3)cn2)ncn1. The van der Waals surface area contributed by atoms with Crippen molar-refractivity contribution in [3.63, 3.8) is 0 Å². The van der Waals surface area contributed by atoms with E-state index in [1.165, 1.54) is 11.9 Å². The Kier molecular flexibility index (Phi) is 5.90. The molecule has 3 aromatic rings. The normalized spacial score (nSPS) is 18.0. The third-order valence-corrected chi connectivity index (χ3v) is 6.88. The van der Waals surface area contributed by atoms with Gasteiger partial charge in [-0.3, -0.25) is 4.90 Å². The van der Waals surface area contributed by atoms with Crippen LogP contribution in [-0.2, 0) is 4.74 Å². The summed E-state index contributed by atoms with van der Waals surface area (Å²) in [6, 6.07) is 8.13. The number of likely N-dealkylation sites (tertiary alicyclic amines) is 1. The largest absolute Gasteiger partial charge is 0.380 e. The van der Waals surface area contributed by atoms with Gasteiger partial charge in [-0.05, 0) is 30.9 Å². The molecule has 0 bridgehead atoms. The fourth-order valence-electron chi connectivity index (χ4n) is 4.02. The van der Waals surface area contributed by atoms with E-state index >= 15 is 0 Å². The third kappa shape index (κ3) is 4.38. The van der Waals surface area contributed by atoms with Gasteiger partial charge in [0.2, 0.25) is 0 Å². The first kappa shape index (κ1) is 21.4.